The van der Waals surface area contributed by atoms with E-state index in [0.717, 1.165) is 12.0 Å². The van der Waals surface area contributed by atoms with Gasteiger partial charge in [0.15, 0.2) is 11.6 Å². The summed E-state index contributed by atoms with van der Waals surface area (Å²) in [6.07, 6.45) is 2.25. The minimum atomic E-state index is -4.02. The minimum absolute atomic E-state index is 0.000850. The summed E-state index contributed by atoms with van der Waals surface area (Å²) in [7, 11) is -2.79. The van der Waals surface area contributed by atoms with Gasteiger partial charge in [0, 0.05) is 6.42 Å². The average molecular weight is 519 g/mol. The van der Waals surface area contributed by atoms with Gasteiger partial charge >= 0.3 is 5.97 Å². The van der Waals surface area contributed by atoms with Gasteiger partial charge in [-0.1, -0.05) is 43.5 Å². The van der Waals surface area contributed by atoms with Gasteiger partial charge in [-0.05, 0) is 49.6 Å². The molecule has 194 valence electrons. The van der Waals surface area contributed by atoms with Gasteiger partial charge in [0.1, 0.15) is 17.7 Å². The first-order valence-electron chi connectivity index (χ1n) is 12.1. The summed E-state index contributed by atoms with van der Waals surface area (Å²) in [5.74, 6) is -1.65. The molecule has 1 amide bonds. The normalized spacial score (nSPS) is 21.7. The summed E-state index contributed by atoms with van der Waals surface area (Å²) in [5.41, 5.74) is -0.625. The third kappa shape index (κ3) is 5.39. The molecule has 8 nitrogen and oxygen atoms in total. The monoisotopic (exact) mass is 518 g/mol. The number of ether oxygens (including phenoxy) is 2. The van der Waals surface area contributed by atoms with Crippen LogP contribution in [-0.2, 0) is 24.3 Å². The Hall–Kier alpha value is -2.98. The fourth-order valence-electron chi connectivity index (χ4n) is 5.08. The second-order valence-corrected chi connectivity index (χ2v) is 11.1. The lowest BCUT2D eigenvalue weighted by atomic mass is 9.81. The molecule has 0 aromatic heterocycles. The molecule has 1 aliphatic heterocycles. The zero-order chi connectivity index (χ0) is 25.9. The number of amides is 1. The highest BCUT2D eigenvalue weighted by molar-refractivity contribution is 7.89. The van der Waals surface area contributed by atoms with Crippen molar-refractivity contribution in [2.24, 2.45) is 0 Å². The number of rotatable bonds is 7. The maximum atomic E-state index is 14.2. The van der Waals surface area contributed by atoms with Crippen LogP contribution in [0.2, 0.25) is 0 Å². The molecule has 0 radical (unpaired) electrons. The summed E-state index contributed by atoms with van der Waals surface area (Å²) in [4.78, 5) is 28.1. The number of likely N-dealkylation sites (tertiary alicyclic amines) is 1. The van der Waals surface area contributed by atoms with Crippen LogP contribution >= 0.6 is 0 Å². The van der Waals surface area contributed by atoms with E-state index in [1.54, 1.807) is 31.2 Å². The van der Waals surface area contributed by atoms with E-state index in [0.29, 0.717) is 25.7 Å². The number of nitrogens with one attached hydrogen (secondary N) is 1. The Bertz CT molecular complexity index is 1230. The third-order valence-corrected chi connectivity index (χ3v) is 8.41. The highest BCUT2D eigenvalue weighted by Gasteiger charge is 2.51. The van der Waals surface area contributed by atoms with Crippen molar-refractivity contribution in [1.29, 1.82) is 0 Å². The number of halogens is 1. The van der Waals surface area contributed by atoms with Crippen LogP contribution in [0.1, 0.15) is 44.1 Å². The number of carbonyl (C=O) groups is 2. The van der Waals surface area contributed by atoms with Crippen molar-refractivity contribution in [2.45, 2.75) is 68.0 Å². The van der Waals surface area contributed by atoms with Crippen LogP contribution in [0.15, 0.2) is 53.4 Å². The van der Waals surface area contributed by atoms with Crippen molar-refractivity contribution in [2.75, 3.05) is 13.7 Å². The van der Waals surface area contributed by atoms with Gasteiger partial charge < -0.3 is 14.4 Å². The van der Waals surface area contributed by atoms with Crippen molar-refractivity contribution >= 4 is 21.9 Å². The van der Waals surface area contributed by atoms with Crippen LogP contribution in [0, 0.1) is 12.7 Å². The Morgan fingerprint density at radius 3 is 2.47 bits per heavy atom. The lowest BCUT2D eigenvalue weighted by Crippen LogP contribution is -2.62. The van der Waals surface area contributed by atoms with Crippen LogP contribution in [0.5, 0.6) is 5.75 Å². The Labute approximate surface area is 210 Å². The van der Waals surface area contributed by atoms with Crippen molar-refractivity contribution in [1.82, 2.24) is 9.62 Å². The zero-order valence-electron chi connectivity index (χ0n) is 20.4. The highest BCUT2D eigenvalue weighted by Crippen LogP contribution is 2.35. The Morgan fingerprint density at radius 1 is 1.08 bits per heavy atom. The van der Waals surface area contributed by atoms with E-state index in [2.05, 4.69) is 4.72 Å². The number of carbonyl (C=O) groups excluding carboxylic acids is 2. The molecule has 4 rings (SSSR count). The molecule has 1 saturated carbocycles. The molecule has 0 bridgehead atoms. The number of hydrogen-bond acceptors (Lipinski definition) is 6. The molecular formula is C26H31FN2O6S. The van der Waals surface area contributed by atoms with E-state index >= 15 is 0 Å². The quantitative estimate of drug-likeness (QED) is 0.564. The second-order valence-electron chi connectivity index (χ2n) is 9.47. The van der Waals surface area contributed by atoms with Gasteiger partial charge in [0.25, 0.3) is 0 Å². The molecule has 1 heterocycles. The van der Waals surface area contributed by atoms with Gasteiger partial charge in [0.2, 0.25) is 15.9 Å². The predicted octanol–water partition coefficient (Wildman–Crippen LogP) is 3.34. The Balaban J connectivity index is 1.63. The maximum absolute atomic E-state index is 14.2. The average Bonchev–Trinajstić information content (AvgIpc) is 3.28. The van der Waals surface area contributed by atoms with Crippen LogP contribution in [-0.4, -0.2) is 56.5 Å². The molecule has 2 unspecified atom stereocenters. The van der Waals surface area contributed by atoms with Crippen LogP contribution in [0.3, 0.4) is 0 Å². The number of hydrogen-bond donors (Lipinski definition) is 1. The molecule has 2 aliphatic rings. The first kappa shape index (κ1) is 26.1. The summed E-state index contributed by atoms with van der Waals surface area (Å²) >= 11 is 0. The number of nitrogens with zero attached hydrogens (tertiary/aromatic N) is 1. The molecule has 10 heteroatoms. The summed E-state index contributed by atoms with van der Waals surface area (Å²) in [6.45, 7) is 1.79. The maximum Gasteiger partial charge on any atom is 0.328 e. The number of sulfonamides is 1. The van der Waals surface area contributed by atoms with Crippen molar-refractivity contribution in [3.63, 3.8) is 0 Å². The molecule has 36 heavy (non-hydrogen) atoms. The molecule has 1 N–H and O–H groups in total. The highest BCUT2D eigenvalue weighted by atomic mass is 32.2. The molecule has 1 saturated heterocycles. The molecule has 2 aromatic rings. The van der Waals surface area contributed by atoms with E-state index < -0.39 is 45.4 Å². The van der Waals surface area contributed by atoms with Crippen LogP contribution in [0.25, 0.3) is 0 Å². The van der Waals surface area contributed by atoms with E-state index in [-0.39, 0.29) is 23.6 Å². The zero-order valence-corrected chi connectivity index (χ0v) is 21.2. The first-order chi connectivity index (χ1) is 17.1. The molecule has 1 aliphatic carbocycles. The summed E-state index contributed by atoms with van der Waals surface area (Å²) < 4.78 is 54.3. The van der Waals surface area contributed by atoms with Crippen LogP contribution < -0.4 is 9.46 Å². The van der Waals surface area contributed by atoms with E-state index in [9.17, 15) is 22.4 Å². The fraction of sp³-hybridized carbons (Fsp3) is 0.462. The summed E-state index contributed by atoms with van der Waals surface area (Å²) in [6, 6.07) is 11.4. The van der Waals surface area contributed by atoms with Crippen molar-refractivity contribution < 1.29 is 31.9 Å². The topological polar surface area (TPSA) is 102 Å². The molecule has 2 fully saturated rings. The SMILES string of the molecule is COC(=O)C1CC(Oc2ccccc2F)CN1C(=O)C1(NS(=O)(=O)c2cccc(C)c2)CCCCC1. The van der Waals surface area contributed by atoms with E-state index in [1.807, 2.05) is 0 Å². The van der Waals surface area contributed by atoms with Crippen molar-refractivity contribution in [3.8, 4) is 5.75 Å². The number of aryl methyl sites for hydroxylation is 1. The Kier molecular flexibility index (Phi) is 7.65. The number of esters is 1. The van der Waals surface area contributed by atoms with E-state index in [4.69, 9.17) is 9.47 Å². The van der Waals surface area contributed by atoms with Crippen LogP contribution in [0.4, 0.5) is 4.39 Å². The fourth-order valence-corrected chi connectivity index (χ4v) is 6.60. The number of para-hydroxylation sites is 1. The van der Waals surface area contributed by atoms with Gasteiger partial charge in [0.05, 0.1) is 18.6 Å². The molecule has 2 aromatic carbocycles. The van der Waals surface area contributed by atoms with Gasteiger partial charge in [-0.3, -0.25) is 4.79 Å². The summed E-state index contributed by atoms with van der Waals surface area (Å²) in [5, 5.41) is 0. The van der Waals surface area contributed by atoms with E-state index in [1.165, 1.54) is 36.3 Å². The number of benzene rings is 2. The lowest BCUT2D eigenvalue weighted by Gasteiger charge is -2.40. The largest absolute Gasteiger partial charge is 0.485 e. The smallest absolute Gasteiger partial charge is 0.328 e. The Morgan fingerprint density at radius 2 is 1.81 bits per heavy atom. The first-order valence-corrected chi connectivity index (χ1v) is 13.5. The lowest BCUT2D eigenvalue weighted by molar-refractivity contribution is -0.153. The van der Waals surface area contributed by atoms with Gasteiger partial charge in [-0.25, -0.2) is 17.6 Å². The predicted molar refractivity (Wildman–Crippen MR) is 130 cm³/mol. The molecule has 0 spiro atoms. The van der Waals surface area contributed by atoms with Crippen molar-refractivity contribution in [3.05, 3.63) is 59.9 Å². The minimum Gasteiger partial charge on any atom is -0.485 e. The number of methoxy groups -OCH3 is 1. The second kappa shape index (κ2) is 10.6. The molecule has 2 atom stereocenters. The van der Waals surface area contributed by atoms with Gasteiger partial charge in [-0.15, -0.1) is 0 Å². The third-order valence-electron chi connectivity index (χ3n) is 6.87. The molecular weight excluding hydrogens is 487 g/mol. The van der Waals surface area contributed by atoms with Gasteiger partial charge in [-0.2, -0.15) is 4.72 Å². The standard InChI is InChI=1S/C26H31FN2O6S/c1-18-9-8-10-20(15-18)36(32,33)28-26(13-6-3-7-14-26)25(31)29-17-19(16-22(29)24(30)34-2)35-23-12-5-4-11-21(23)27/h4-5,8-12,15,19,22,28H,3,6-7,13-14,16-17H2,1-2H3.